The van der Waals surface area contributed by atoms with Crippen LogP contribution in [0.3, 0.4) is 0 Å². The number of anilines is 2. The summed E-state index contributed by atoms with van der Waals surface area (Å²) in [5.41, 5.74) is 6.49. The Labute approximate surface area is 234 Å². The van der Waals surface area contributed by atoms with Crippen LogP contribution in [0, 0.1) is 5.92 Å². The minimum Gasteiger partial charge on any atom is -0.466 e. The lowest BCUT2D eigenvalue weighted by Crippen LogP contribution is -2.40. The smallest absolute Gasteiger partial charge is 0.309 e. The van der Waals surface area contributed by atoms with E-state index in [0.717, 1.165) is 18.7 Å². The van der Waals surface area contributed by atoms with Crippen LogP contribution in [0.4, 0.5) is 10.8 Å². The summed E-state index contributed by atoms with van der Waals surface area (Å²) in [6, 6.07) is 15.0. The zero-order valence-electron chi connectivity index (χ0n) is 22.5. The molecule has 39 heavy (non-hydrogen) atoms. The number of hydrogen-bond acceptors (Lipinski definition) is 9. The van der Waals surface area contributed by atoms with Gasteiger partial charge in [-0.3, -0.25) is 10.2 Å². The van der Waals surface area contributed by atoms with Crippen LogP contribution in [0.1, 0.15) is 39.2 Å². The van der Waals surface area contributed by atoms with Gasteiger partial charge in [0.25, 0.3) is 0 Å². The number of rotatable bonds is 11. The molecule has 0 spiro atoms. The van der Waals surface area contributed by atoms with Crippen molar-refractivity contribution in [1.29, 1.82) is 0 Å². The number of carbonyl (C=O) groups is 1. The van der Waals surface area contributed by atoms with Gasteiger partial charge >= 0.3 is 5.97 Å². The predicted octanol–water partition coefficient (Wildman–Crippen LogP) is 5.07. The van der Waals surface area contributed by atoms with E-state index >= 15 is 0 Å². The first-order valence-electron chi connectivity index (χ1n) is 13.2. The van der Waals surface area contributed by atoms with Gasteiger partial charge < -0.3 is 9.64 Å². The van der Waals surface area contributed by atoms with Gasteiger partial charge in [-0.2, -0.15) is 9.41 Å². The van der Waals surface area contributed by atoms with E-state index in [-0.39, 0.29) is 29.9 Å². The molecule has 1 aliphatic heterocycles. The molecule has 0 radical (unpaired) electrons. The number of carbonyl (C=O) groups excluding carboxylic acids is 1. The fourth-order valence-electron chi connectivity index (χ4n) is 4.54. The molecule has 4 rings (SSSR count). The summed E-state index contributed by atoms with van der Waals surface area (Å²) in [6.45, 7) is 8.87. The van der Waals surface area contributed by atoms with E-state index in [9.17, 15) is 13.2 Å². The fraction of sp³-hybridized carbons (Fsp3) is 0.393. The first kappa shape index (κ1) is 28.7. The molecule has 0 bridgehead atoms. The molecule has 0 amide bonds. The summed E-state index contributed by atoms with van der Waals surface area (Å²) in [5, 5.41) is 6.78. The maximum absolute atomic E-state index is 13.3. The van der Waals surface area contributed by atoms with Crippen LogP contribution >= 0.6 is 11.3 Å². The first-order valence-corrected chi connectivity index (χ1v) is 15.5. The Morgan fingerprint density at radius 1 is 1.15 bits per heavy atom. The summed E-state index contributed by atoms with van der Waals surface area (Å²) < 4.78 is 33.1. The van der Waals surface area contributed by atoms with Crippen LogP contribution in [0.15, 0.2) is 63.9 Å². The SMILES string of the molecule is CCOC(=O)C1CCN(S(=O)(=O)c2cccc(-c3csc(N/N=C/c4ccc(N(CC)CC)cc4)n3)c2)CC1. The van der Waals surface area contributed by atoms with Crippen LogP contribution < -0.4 is 10.3 Å². The average Bonchev–Trinajstić information content (AvgIpc) is 3.44. The molecule has 11 heteroatoms. The van der Waals surface area contributed by atoms with Gasteiger partial charge in [-0.25, -0.2) is 13.4 Å². The minimum absolute atomic E-state index is 0.211. The van der Waals surface area contributed by atoms with E-state index in [2.05, 4.69) is 46.4 Å². The molecule has 0 aliphatic carbocycles. The second-order valence-corrected chi connectivity index (χ2v) is 11.9. The van der Waals surface area contributed by atoms with Crippen LogP contribution in [0.5, 0.6) is 0 Å². The largest absolute Gasteiger partial charge is 0.466 e. The van der Waals surface area contributed by atoms with E-state index in [1.807, 2.05) is 23.6 Å². The molecule has 208 valence electrons. The van der Waals surface area contributed by atoms with Crippen LogP contribution in [-0.4, -0.2) is 62.7 Å². The molecular formula is C28H35N5O4S2. The third-order valence-electron chi connectivity index (χ3n) is 6.74. The van der Waals surface area contributed by atoms with E-state index < -0.39 is 10.0 Å². The molecule has 2 aromatic carbocycles. The molecule has 0 atom stereocenters. The molecule has 1 aliphatic rings. The Morgan fingerprint density at radius 3 is 2.54 bits per heavy atom. The second kappa shape index (κ2) is 13.2. The van der Waals surface area contributed by atoms with E-state index in [1.165, 1.54) is 21.3 Å². The van der Waals surface area contributed by atoms with Crippen molar-refractivity contribution in [3.63, 3.8) is 0 Å². The van der Waals surface area contributed by atoms with E-state index in [1.54, 1.807) is 31.3 Å². The fourth-order valence-corrected chi connectivity index (χ4v) is 6.72. The number of ether oxygens (including phenoxy) is 1. The van der Waals surface area contributed by atoms with Crippen molar-refractivity contribution in [1.82, 2.24) is 9.29 Å². The zero-order valence-corrected chi connectivity index (χ0v) is 24.2. The van der Waals surface area contributed by atoms with Crippen molar-refractivity contribution in [2.24, 2.45) is 11.0 Å². The van der Waals surface area contributed by atoms with Crippen molar-refractivity contribution >= 4 is 44.4 Å². The van der Waals surface area contributed by atoms with Gasteiger partial charge in [0.2, 0.25) is 15.2 Å². The van der Waals surface area contributed by atoms with Crippen molar-refractivity contribution in [3.05, 3.63) is 59.5 Å². The standard InChI is InChI=1S/C28H35N5O4S2/c1-4-32(5-2)24-12-10-21(11-13-24)19-29-31-28-30-26(20-38-28)23-8-7-9-25(18-23)39(35,36)33-16-14-22(15-17-33)27(34)37-6-3/h7-13,18-20,22H,4-6,14-17H2,1-3H3,(H,30,31)/b29-19+. The van der Waals surface area contributed by atoms with Crippen molar-refractivity contribution in [3.8, 4) is 11.3 Å². The number of esters is 1. The molecule has 2 heterocycles. The van der Waals surface area contributed by atoms with Gasteiger partial charge in [-0.15, -0.1) is 11.3 Å². The van der Waals surface area contributed by atoms with Crippen LogP contribution in [0.2, 0.25) is 0 Å². The maximum Gasteiger partial charge on any atom is 0.309 e. The Kier molecular flexibility index (Phi) is 9.71. The lowest BCUT2D eigenvalue weighted by Gasteiger charge is -2.30. The van der Waals surface area contributed by atoms with Gasteiger partial charge in [-0.05, 0) is 63.4 Å². The molecule has 1 saturated heterocycles. The lowest BCUT2D eigenvalue weighted by molar-refractivity contribution is -0.149. The number of thiazole rings is 1. The molecule has 1 N–H and O–H groups in total. The predicted molar refractivity (Wildman–Crippen MR) is 157 cm³/mol. The highest BCUT2D eigenvalue weighted by atomic mass is 32.2. The normalized spacial score (nSPS) is 14.9. The summed E-state index contributed by atoms with van der Waals surface area (Å²) in [4.78, 5) is 19.1. The number of nitrogens with zero attached hydrogens (tertiary/aromatic N) is 4. The van der Waals surface area contributed by atoms with Gasteiger partial charge in [0, 0.05) is 42.8 Å². The number of benzene rings is 2. The molecule has 1 aromatic heterocycles. The Morgan fingerprint density at radius 2 is 1.87 bits per heavy atom. The number of sulfonamides is 1. The van der Waals surface area contributed by atoms with Crippen molar-refractivity contribution in [2.75, 3.05) is 43.1 Å². The molecular weight excluding hydrogens is 534 g/mol. The van der Waals surface area contributed by atoms with E-state index in [0.29, 0.717) is 35.8 Å². The quantitative estimate of drug-likeness (QED) is 0.195. The highest BCUT2D eigenvalue weighted by Gasteiger charge is 2.32. The summed E-state index contributed by atoms with van der Waals surface area (Å²) in [5.74, 6) is -0.500. The third-order valence-corrected chi connectivity index (χ3v) is 9.38. The van der Waals surface area contributed by atoms with Gasteiger partial charge in [0.1, 0.15) is 0 Å². The minimum atomic E-state index is -3.69. The van der Waals surface area contributed by atoms with Crippen molar-refractivity contribution < 1.29 is 17.9 Å². The van der Waals surface area contributed by atoms with Crippen molar-refractivity contribution in [2.45, 2.75) is 38.5 Å². The summed E-state index contributed by atoms with van der Waals surface area (Å²) >= 11 is 1.39. The van der Waals surface area contributed by atoms with Gasteiger partial charge in [0.05, 0.1) is 29.3 Å². The number of hydrogen-bond donors (Lipinski definition) is 1. The Bertz CT molecular complexity index is 1380. The van der Waals surface area contributed by atoms with Gasteiger partial charge in [-0.1, -0.05) is 24.3 Å². The monoisotopic (exact) mass is 569 g/mol. The summed E-state index contributed by atoms with van der Waals surface area (Å²) in [7, 11) is -3.69. The number of aromatic nitrogens is 1. The number of nitrogens with one attached hydrogen (secondary N) is 1. The van der Waals surface area contributed by atoms with Crippen LogP contribution in [0.25, 0.3) is 11.3 Å². The lowest BCUT2D eigenvalue weighted by atomic mass is 9.98. The van der Waals surface area contributed by atoms with Crippen LogP contribution in [-0.2, 0) is 19.6 Å². The molecule has 3 aromatic rings. The topological polar surface area (TPSA) is 104 Å². The second-order valence-electron chi connectivity index (χ2n) is 9.13. The molecule has 9 nitrogen and oxygen atoms in total. The Balaban J connectivity index is 1.38. The maximum atomic E-state index is 13.3. The number of hydrazone groups is 1. The summed E-state index contributed by atoms with van der Waals surface area (Å²) in [6.07, 6.45) is 2.66. The number of piperidine rings is 1. The average molecular weight is 570 g/mol. The molecule has 1 fully saturated rings. The molecule has 0 unspecified atom stereocenters. The highest BCUT2D eigenvalue weighted by Crippen LogP contribution is 2.29. The zero-order chi connectivity index (χ0) is 27.8. The first-order chi connectivity index (χ1) is 18.8. The Hall–Kier alpha value is -3.28. The third kappa shape index (κ3) is 7.03. The molecule has 0 saturated carbocycles. The van der Waals surface area contributed by atoms with Gasteiger partial charge in [0.15, 0.2) is 0 Å². The van der Waals surface area contributed by atoms with E-state index in [4.69, 9.17) is 4.74 Å². The highest BCUT2D eigenvalue weighted by molar-refractivity contribution is 7.89.